The Morgan fingerprint density at radius 3 is 2.48 bits per heavy atom. The van der Waals surface area contributed by atoms with Crippen LogP contribution in [0.15, 0.2) is 24.3 Å². The number of rotatable bonds is 7. The Kier molecular flexibility index (Phi) is 7.44. The summed E-state index contributed by atoms with van der Waals surface area (Å²) < 4.78 is 4.96. The van der Waals surface area contributed by atoms with Crippen LogP contribution in [0.2, 0.25) is 5.02 Å². The van der Waals surface area contributed by atoms with Gasteiger partial charge in [0.2, 0.25) is 0 Å². The first-order chi connectivity index (χ1) is 12.0. The number of amides is 1. The maximum atomic E-state index is 12.0. The van der Waals surface area contributed by atoms with Gasteiger partial charge in [-0.1, -0.05) is 31.4 Å². The zero-order valence-electron chi connectivity index (χ0n) is 14.4. The third kappa shape index (κ3) is 6.50. The monoisotopic (exact) mass is 365 g/mol. The normalized spacial score (nSPS) is 19.9. The van der Waals surface area contributed by atoms with Crippen molar-refractivity contribution >= 4 is 29.3 Å². The van der Waals surface area contributed by atoms with Crippen LogP contribution in [0.25, 0.3) is 0 Å². The van der Waals surface area contributed by atoms with Gasteiger partial charge in [0.05, 0.1) is 6.42 Å². The molecule has 1 aliphatic rings. The largest absolute Gasteiger partial charge is 0.456 e. The van der Waals surface area contributed by atoms with E-state index in [9.17, 15) is 14.4 Å². The van der Waals surface area contributed by atoms with Gasteiger partial charge in [-0.2, -0.15) is 0 Å². The van der Waals surface area contributed by atoms with E-state index in [1.165, 1.54) is 6.42 Å². The lowest BCUT2D eigenvalue weighted by atomic mass is 9.86. The van der Waals surface area contributed by atoms with Gasteiger partial charge in [0.15, 0.2) is 12.4 Å². The number of ketones is 1. The summed E-state index contributed by atoms with van der Waals surface area (Å²) in [5.74, 6) is -0.537. The lowest BCUT2D eigenvalue weighted by Crippen LogP contribution is -2.42. The van der Waals surface area contributed by atoms with Crippen LogP contribution in [-0.2, 0) is 14.3 Å². The van der Waals surface area contributed by atoms with E-state index >= 15 is 0 Å². The number of halogens is 1. The van der Waals surface area contributed by atoms with Gasteiger partial charge in [0.1, 0.15) is 0 Å². The molecular weight excluding hydrogens is 342 g/mol. The molecular formula is C19H24ClNO4. The highest BCUT2D eigenvalue weighted by Gasteiger charge is 2.23. The maximum Gasteiger partial charge on any atom is 0.306 e. The summed E-state index contributed by atoms with van der Waals surface area (Å²) in [6.07, 6.45) is 4.39. The predicted molar refractivity (Wildman–Crippen MR) is 95.5 cm³/mol. The van der Waals surface area contributed by atoms with Crippen LogP contribution < -0.4 is 5.32 Å². The average Bonchev–Trinajstić information content (AvgIpc) is 2.60. The zero-order chi connectivity index (χ0) is 18.2. The minimum atomic E-state index is -0.547. The van der Waals surface area contributed by atoms with Crippen LogP contribution in [0.3, 0.4) is 0 Å². The van der Waals surface area contributed by atoms with E-state index in [1.54, 1.807) is 24.3 Å². The van der Waals surface area contributed by atoms with E-state index in [-0.39, 0.29) is 37.2 Å². The summed E-state index contributed by atoms with van der Waals surface area (Å²) in [5.41, 5.74) is 0.501. The van der Waals surface area contributed by atoms with Crippen molar-refractivity contribution in [3.63, 3.8) is 0 Å². The van der Waals surface area contributed by atoms with Crippen LogP contribution in [0.4, 0.5) is 0 Å². The van der Waals surface area contributed by atoms with Crippen molar-refractivity contribution in [1.29, 1.82) is 0 Å². The summed E-state index contributed by atoms with van der Waals surface area (Å²) in [6.45, 7) is 1.83. The molecule has 0 heterocycles. The van der Waals surface area contributed by atoms with Gasteiger partial charge in [0.25, 0.3) is 5.91 Å². The Bertz CT molecular complexity index is 614. The molecule has 0 aliphatic heterocycles. The zero-order valence-corrected chi connectivity index (χ0v) is 15.2. The Labute approximate surface area is 153 Å². The van der Waals surface area contributed by atoms with E-state index in [2.05, 4.69) is 12.2 Å². The van der Waals surface area contributed by atoms with Gasteiger partial charge in [-0.25, -0.2) is 0 Å². The Hall–Kier alpha value is -1.88. The van der Waals surface area contributed by atoms with Crippen molar-refractivity contribution in [3.8, 4) is 0 Å². The minimum Gasteiger partial charge on any atom is -0.456 e. The summed E-state index contributed by atoms with van der Waals surface area (Å²) in [6, 6.07) is 6.66. The van der Waals surface area contributed by atoms with Crippen LogP contribution in [0, 0.1) is 5.92 Å². The molecule has 0 bridgehead atoms. The van der Waals surface area contributed by atoms with Crippen molar-refractivity contribution in [2.45, 2.75) is 51.5 Å². The highest BCUT2D eigenvalue weighted by Crippen LogP contribution is 2.23. The van der Waals surface area contributed by atoms with Crippen LogP contribution in [0.5, 0.6) is 0 Å². The van der Waals surface area contributed by atoms with E-state index in [0.29, 0.717) is 16.5 Å². The fourth-order valence-corrected chi connectivity index (χ4v) is 3.12. The first kappa shape index (κ1) is 19.4. The van der Waals surface area contributed by atoms with Crippen LogP contribution in [0.1, 0.15) is 55.8 Å². The molecule has 2 rings (SSSR count). The third-order valence-electron chi connectivity index (χ3n) is 4.54. The molecule has 25 heavy (non-hydrogen) atoms. The number of hydrogen-bond acceptors (Lipinski definition) is 4. The Morgan fingerprint density at radius 2 is 1.80 bits per heavy atom. The predicted octanol–water partition coefficient (Wildman–Crippen LogP) is 3.54. The molecule has 1 saturated carbocycles. The van der Waals surface area contributed by atoms with Gasteiger partial charge in [0, 0.05) is 23.0 Å². The maximum absolute atomic E-state index is 12.0. The number of benzene rings is 1. The molecule has 1 aromatic carbocycles. The van der Waals surface area contributed by atoms with E-state index in [0.717, 1.165) is 19.3 Å². The molecule has 2 atom stereocenters. The molecule has 1 amide bonds. The Balaban J connectivity index is 1.67. The second-order valence-electron chi connectivity index (χ2n) is 6.53. The topological polar surface area (TPSA) is 72.5 Å². The molecule has 0 radical (unpaired) electrons. The number of Topliss-reactive ketones (excluding diaryl/α,β-unsaturated/α-hetero) is 1. The second kappa shape index (κ2) is 9.56. The standard InChI is InChI=1S/C19H24ClNO4/c1-13-4-2-3-5-16(13)21-18(23)12-25-19(24)11-10-17(22)14-6-8-15(20)9-7-14/h6-9,13,16H,2-5,10-12H2,1H3,(H,21,23)/t13-,16-/m0/s1. The van der Waals surface area contributed by atoms with Crippen LogP contribution in [-0.4, -0.2) is 30.3 Å². The van der Waals surface area contributed by atoms with Crippen LogP contribution >= 0.6 is 11.6 Å². The highest BCUT2D eigenvalue weighted by molar-refractivity contribution is 6.30. The number of carbonyl (C=O) groups is 3. The average molecular weight is 366 g/mol. The third-order valence-corrected chi connectivity index (χ3v) is 4.80. The molecule has 1 fully saturated rings. The number of ether oxygens (including phenoxy) is 1. The second-order valence-corrected chi connectivity index (χ2v) is 6.96. The van der Waals surface area contributed by atoms with Crippen molar-refractivity contribution in [3.05, 3.63) is 34.9 Å². The first-order valence-electron chi connectivity index (χ1n) is 8.69. The smallest absolute Gasteiger partial charge is 0.306 e. The van der Waals surface area contributed by atoms with Crippen molar-refractivity contribution < 1.29 is 19.1 Å². The van der Waals surface area contributed by atoms with Gasteiger partial charge in [-0.05, 0) is 43.0 Å². The molecule has 6 heteroatoms. The molecule has 1 aliphatic carbocycles. The number of carbonyl (C=O) groups excluding carboxylic acids is 3. The lowest BCUT2D eigenvalue weighted by Gasteiger charge is -2.29. The summed E-state index contributed by atoms with van der Waals surface area (Å²) >= 11 is 5.77. The van der Waals surface area contributed by atoms with E-state index < -0.39 is 5.97 Å². The van der Waals surface area contributed by atoms with E-state index in [4.69, 9.17) is 16.3 Å². The highest BCUT2D eigenvalue weighted by atomic mass is 35.5. The van der Waals surface area contributed by atoms with E-state index in [1.807, 2.05) is 0 Å². The first-order valence-corrected chi connectivity index (χ1v) is 9.07. The summed E-state index contributed by atoms with van der Waals surface area (Å²) in [7, 11) is 0. The van der Waals surface area contributed by atoms with Gasteiger partial charge in [-0.3, -0.25) is 14.4 Å². The summed E-state index contributed by atoms with van der Waals surface area (Å²) in [4.78, 5) is 35.6. The number of hydrogen-bond donors (Lipinski definition) is 1. The number of esters is 1. The number of nitrogens with one attached hydrogen (secondary N) is 1. The molecule has 136 valence electrons. The van der Waals surface area contributed by atoms with Crippen molar-refractivity contribution in [2.75, 3.05) is 6.61 Å². The minimum absolute atomic E-state index is 0.0434. The molecule has 5 nitrogen and oxygen atoms in total. The van der Waals surface area contributed by atoms with Gasteiger partial charge < -0.3 is 10.1 Å². The van der Waals surface area contributed by atoms with Gasteiger partial charge in [-0.15, -0.1) is 0 Å². The SMILES string of the molecule is C[C@H]1CCCC[C@@H]1NC(=O)COC(=O)CCC(=O)c1ccc(Cl)cc1. The summed E-state index contributed by atoms with van der Waals surface area (Å²) in [5, 5.41) is 3.47. The molecule has 0 aromatic heterocycles. The molecule has 0 unspecified atom stereocenters. The quantitative estimate of drug-likeness (QED) is 0.592. The molecule has 0 saturated heterocycles. The fraction of sp³-hybridized carbons (Fsp3) is 0.526. The van der Waals surface area contributed by atoms with Gasteiger partial charge >= 0.3 is 5.97 Å². The molecule has 1 aromatic rings. The van der Waals surface area contributed by atoms with Crippen molar-refractivity contribution in [1.82, 2.24) is 5.32 Å². The Morgan fingerprint density at radius 1 is 1.12 bits per heavy atom. The van der Waals surface area contributed by atoms with Crippen molar-refractivity contribution in [2.24, 2.45) is 5.92 Å². The molecule has 0 spiro atoms. The molecule has 1 N–H and O–H groups in total. The lowest BCUT2D eigenvalue weighted by molar-refractivity contribution is -0.148. The fourth-order valence-electron chi connectivity index (χ4n) is 2.99.